The second-order valence-corrected chi connectivity index (χ2v) is 20.7. The van der Waals surface area contributed by atoms with Crippen LogP contribution in [0, 0.1) is 25.7 Å². The van der Waals surface area contributed by atoms with Gasteiger partial charge in [0.25, 0.3) is 0 Å². The van der Waals surface area contributed by atoms with Crippen molar-refractivity contribution in [3.63, 3.8) is 0 Å². The van der Waals surface area contributed by atoms with Gasteiger partial charge in [0.1, 0.15) is 17.3 Å². The first kappa shape index (κ1) is 39.8. The first-order valence-electron chi connectivity index (χ1n) is 16.6. The number of nitrogens with two attached hydrogens (primary N) is 1. The Morgan fingerprint density at radius 3 is 1.76 bits per heavy atom. The standard InChI is InChI=1S/C21H32ClN3O3Si.C15H20ClN3O/c1-15(2)14-28-19-8-7-18(22)12-17(19)13-25-16(3)11-20(24-25)23-21(26)27-9-10-29(4,5)6;1-10(2)9-20-14-5-4-13(16)7-12(14)8-19-11(3)6-15(17)18-19/h7-8,11-12,15H,9-10,13-14H2,1-6H3,(H,23,24,26);4-7,10H,8-9H2,1-3H3,(H2,17,18). The first-order valence-corrected chi connectivity index (χ1v) is 21.1. The van der Waals surface area contributed by atoms with Gasteiger partial charge in [-0.15, -0.1) is 0 Å². The second-order valence-electron chi connectivity index (χ2n) is 14.2. The van der Waals surface area contributed by atoms with Gasteiger partial charge in [-0.05, 0) is 68.1 Å². The van der Waals surface area contributed by atoms with Crippen molar-refractivity contribution >= 4 is 49.0 Å². The third-order valence-electron chi connectivity index (χ3n) is 7.13. The molecule has 4 aromatic rings. The van der Waals surface area contributed by atoms with Crippen LogP contribution < -0.4 is 20.5 Å². The van der Waals surface area contributed by atoms with Crippen LogP contribution in [0.3, 0.4) is 0 Å². The molecule has 49 heavy (non-hydrogen) atoms. The number of benzene rings is 2. The van der Waals surface area contributed by atoms with Gasteiger partial charge >= 0.3 is 6.09 Å². The fraction of sp³-hybridized carbons (Fsp3) is 0.472. The van der Waals surface area contributed by atoms with Crippen LogP contribution in [-0.4, -0.2) is 53.5 Å². The minimum Gasteiger partial charge on any atom is -0.493 e. The Hall–Kier alpha value is -3.67. The van der Waals surface area contributed by atoms with Gasteiger partial charge in [0.05, 0.1) is 32.9 Å². The minimum atomic E-state index is -1.24. The van der Waals surface area contributed by atoms with Crippen LogP contribution in [-0.2, 0) is 17.8 Å². The lowest BCUT2D eigenvalue weighted by atomic mass is 10.2. The molecule has 2 aromatic carbocycles. The van der Waals surface area contributed by atoms with Gasteiger partial charge in [-0.25, -0.2) is 4.79 Å². The fourth-order valence-electron chi connectivity index (χ4n) is 4.48. The molecule has 268 valence electrons. The minimum absolute atomic E-state index is 0.424. The highest BCUT2D eigenvalue weighted by Gasteiger charge is 2.16. The molecule has 0 spiro atoms. The molecule has 0 radical (unpaired) electrons. The van der Waals surface area contributed by atoms with E-state index in [-0.39, 0.29) is 0 Å². The smallest absolute Gasteiger partial charge is 0.412 e. The Morgan fingerprint density at radius 1 is 0.816 bits per heavy atom. The number of anilines is 2. The molecule has 0 fully saturated rings. The van der Waals surface area contributed by atoms with Crippen LogP contribution >= 0.6 is 23.2 Å². The molecule has 2 aromatic heterocycles. The molecule has 0 saturated heterocycles. The number of amides is 1. The van der Waals surface area contributed by atoms with Gasteiger partial charge < -0.3 is 19.9 Å². The summed E-state index contributed by atoms with van der Waals surface area (Å²) in [5.74, 6) is 3.52. The number of aryl methyl sites for hydroxylation is 2. The molecule has 0 atom stereocenters. The maximum atomic E-state index is 12.0. The zero-order chi connectivity index (χ0) is 36.3. The second kappa shape index (κ2) is 18.4. The van der Waals surface area contributed by atoms with Crippen LogP contribution in [0.25, 0.3) is 0 Å². The Balaban J connectivity index is 0.000000284. The number of carbonyl (C=O) groups is 1. The molecule has 0 aliphatic carbocycles. The van der Waals surface area contributed by atoms with Crippen molar-refractivity contribution in [1.82, 2.24) is 19.6 Å². The van der Waals surface area contributed by atoms with Crippen LogP contribution in [0.5, 0.6) is 11.5 Å². The molecule has 1 amide bonds. The van der Waals surface area contributed by atoms with E-state index in [1.165, 1.54) is 0 Å². The predicted molar refractivity (Wildman–Crippen MR) is 203 cm³/mol. The van der Waals surface area contributed by atoms with Gasteiger partial charge in [-0.1, -0.05) is 70.5 Å². The number of ether oxygens (including phenoxy) is 3. The zero-order valence-electron chi connectivity index (χ0n) is 30.3. The third kappa shape index (κ3) is 14.0. The summed E-state index contributed by atoms with van der Waals surface area (Å²) in [6.45, 7) is 21.9. The first-order chi connectivity index (χ1) is 23.0. The summed E-state index contributed by atoms with van der Waals surface area (Å²) >= 11 is 12.3. The number of hydrogen-bond donors (Lipinski definition) is 2. The van der Waals surface area contributed by atoms with Crippen LogP contribution in [0.15, 0.2) is 48.5 Å². The van der Waals surface area contributed by atoms with Gasteiger partial charge in [-0.2, -0.15) is 10.2 Å². The molecule has 0 unspecified atom stereocenters. The number of carbonyl (C=O) groups excluding carboxylic acids is 1. The van der Waals surface area contributed by atoms with Crippen molar-refractivity contribution in [2.24, 2.45) is 11.8 Å². The van der Waals surface area contributed by atoms with Crippen molar-refractivity contribution in [3.8, 4) is 11.5 Å². The van der Waals surface area contributed by atoms with Crippen LogP contribution in [0.2, 0.25) is 35.7 Å². The van der Waals surface area contributed by atoms with E-state index >= 15 is 0 Å². The quantitative estimate of drug-likeness (QED) is 0.124. The lowest BCUT2D eigenvalue weighted by molar-refractivity contribution is 0.167. The van der Waals surface area contributed by atoms with Crippen molar-refractivity contribution < 1.29 is 19.0 Å². The van der Waals surface area contributed by atoms with Crippen molar-refractivity contribution in [2.75, 3.05) is 30.9 Å². The van der Waals surface area contributed by atoms with Crippen LogP contribution in [0.1, 0.15) is 50.2 Å². The summed E-state index contributed by atoms with van der Waals surface area (Å²) in [4.78, 5) is 12.0. The number of hydrogen-bond acceptors (Lipinski definition) is 7. The van der Waals surface area contributed by atoms with E-state index in [1.54, 1.807) is 0 Å². The van der Waals surface area contributed by atoms with Gasteiger partial charge in [0.15, 0.2) is 5.82 Å². The van der Waals surface area contributed by atoms with E-state index in [4.69, 9.17) is 43.1 Å². The molecule has 3 N–H and O–H groups in total. The molecular weight excluding hydrogens is 679 g/mol. The summed E-state index contributed by atoms with van der Waals surface area (Å²) in [5, 5.41) is 12.8. The van der Waals surface area contributed by atoms with Gasteiger partial charge in [0, 0.05) is 52.8 Å². The zero-order valence-corrected chi connectivity index (χ0v) is 32.8. The summed E-state index contributed by atoms with van der Waals surface area (Å²) < 4.78 is 20.7. The number of nitrogens with zero attached hydrogens (tertiary/aromatic N) is 4. The highest BCUT2D eigenvalue weighted by molar-refractivity contribution is 6.76. The Labute approximate surface area is 302 Å². The van der Waals surface area contributed by atoms with Crippen LogP contribution in [0.4, 0.5) is 16.4 Å². The van der Waals surface area contributed by atoms with E-state index in [1.807, 2.05) is 71.7 Å². The lowest BCUT2D eigenvalue weighted by Crippen LogP contribution is -2.24. The molecule has 0 saturated carbocycles. The molecule has 13 heteroatoms. The van der Waals surface area contributed by atoms with Crippen molar-refractivity contribution in [1.29, 1.82) is 0 Å². The molecule has 0 aliphatic heterocycles. The molecular formula is C36H52Cl2N6O4Si. The van der Waals surface area contributed by atoms with E-state index in [9.17, 15) is 4.79 Å². The number of rotatable bonds is 14. The number of nitrogen functional groups attached to an aromatic ring is 1. The molecule has 0 aliphatic rings. The van der Waals surface area contributed by atoms with Gasteiger partial charge in [0.2, 0.25) is 0 Å². The highest BCUT2D eigenvalue weighted by Crippen LogP contribution is 2.26. The average molecular weight is 732 g/mol. The number of nitrogens with one attached hydrogen (secondary N) is 1. The maximum absolute atomic E-state index is 12.0. The molecule has 2 heterocycles. The Morgan fingerprint density at radius 2 is 1.31 bits per heavy atom. The average Bonchev–Trinajstić information content (AvgIpc) is 3.49. The monoisotopic (exact) mass is 730 g/mol. The normalized spacial score (nSPS) is 11.4. The topological polar surface area (TPSA) is 118 Å². The van der Waals surface area contributed by atoms with E-state index in [2.05, 4.69) is 62.9 Å². The summed E-state index contributed by atoms with van der Waals surface area (Å²) in [5.41, 5.74) is 9.58. The lowest BCUT2D eigenvalue weighted by Gasteiger charge is -2.15. The highest BCUT2D eigenvalue weighted by atomic mass is 35.5. The molecule has 4 rings (SSSR count). The fourth-order valence-corrected chi connectivity index (χ4v) is 5.58. The third-order valence-corrected chi connectivity index (χ3v) is 9.30. The Bertz CT molecular complexity index is 1670. The predicted octanol–water partition coefficient (Wildman–Crippen LogP) is 9.32. The Kier molecular flexibility index (Phi) is 14.9. The SMILES string of the molecule is Cc1cc(N)nn1Cc1cc(Cl)ccc1OCC(C)C.Cc1cc(NC(=O)OCC[Si](C)(C)C)nn1Cc1cc(Cl)ccc1OCC(C)C. The summed E-state index contributed by atoms with van der Waals surface area (Å²) in [6.07, 6.45) is -0.475. The van der Waals surface area contributed by atoms with E-state index < -0.39 is 14.2 Å². The number of halogens is 2. The number of aromatic nitrogens is 4. The molecule has 0 bridgehead atoms. The van der Waals surface area contributed by atoms with Crippen molar-refractivity contribution in [3.05, 3.63) is 81.1 Å². The van der Waals surface area contributed by atoms with Gasteiger partial charge in [-0.3, -0.25) is 14.7 Å². The van der Waals surface area contributed by atoms with Crippen molar-refractivity contribution in [2.45, 2.75) is 80.3 Å². The summed E-state index contributed by atoms with van der Waals surface area (Å²) in [7, 11) is -1.24. The maximum Gasteiger partial charge on any atom is 0.412 e. The molecule has 10 nitrogen and oxygen atoms in total. The summed E-state index contributed by atoms with van der Waals surface area (Å²) in [6, 6.07) is 15.8. The van der Waals surface area contributed by atoms with E-state index in [0.717, 1.165) is 40.1 Å². The largest absolute Gasteiger partial charge is 0.493 e. The van der Waals surface area contributed by atoms with E-state index in [0.29, 0.717) is 66.4 Å².